The molecule has 9 heteroatoms. The summed E-state index contributed by atoms with van der Waals surface area (Å²) in [5.41, 5.74) is 1.27. The Balaban J connectivity index is 1.59. The zero-order chi connectivity index (χ0) is 21.0. The van der Waals surface area contributed by atoms with E-state index in [4.69, 9.17) is 4.74 Å². The molecule has 0 saturated heterocycles. The minimum atomic E-state index is -0.435. The summed E-state index contributed by atoms with van der Waals surface area (Å²) in [4.78, 5) is 25.5. The molecule has 2 aromatic rings. The van der Waals surface area contributed by atoms with E-state index in [0.717, 1.165) is 27.8 Å². The molecule has 1 fully saturated rings. The van der Waals surface area contributed by atoms with Gasteiger partial charge in [-0.05, 0) is 25.3 Å². The van der Waals surface area contributed by atoms with Gasteiger partial charge in [-0.1, -0.05) is 43.9 Å². The van der Waals surface area contributed by atoms with Crippen molar-refractivity contribution in [3.8, 4) is 0 Å². The lowest BCUT2D eigenvalue weighted by Crippen LogP contribution is -2.16. The first-order valence-corrected chi connectivity index (χ1v) is 11.7. The van der Waals surface area contributed by atoms with Crippen molar-refractivity contribution in [2.24, 2.45) is 13.0 Å². The van der Waals surface area contributed by atoms with Crippen LogP contribution in [-0.4, -0.2) is 39.5 Å². The van der Waals surface area contributed by atoms with E-state index in [-0.39, 0.29) is 11.7 Å². The lowest BCUT2D eigenvalue weighted by Gasteiger charge is -2.20. The summed E-state index contributed by atoms with van der Waals surface area (Å²) in [7, 11) is 3.30. The number of hydrogen-bond acceptors (Lipinski definition) is 7. The van der Waals surface area contributed by atoms with Gasteiger partial charge in [-0.25, -0.2) is 4.79 Å². The standard InChI is InChI=1S/C20H28N4O3S2/c1-12-13(2)29-18(17(12)19(26)27-4)21-16(25)11-28-20-23-22-15(24(20)3)10-14-8-6-5-7-9-14/h14H,5-11H2,1-4H3,(H,21,25). The molecule has 0 spiro atoms. The van der Waals surface area contributed by atoms with Crippen molar-refractivity contribution in [2.45, 2.75) is 57.5 Å². The molecule has 0 radical (unpaired) electrons. The van der Waals surface area contributed by atoms with Gasteiger partial charge in [0.05, 0.1) is 18.4 Å². The van der Waals surface area contributed by atoms with E-state index in [9.17, 15) is 9.59 Å². The summed E-state index contributed by atoms with van der Waals surface area (Å²) in [6.07, 6.45) is 7.43. The monoisotopic (exact) mass is 436 g/mol. The molecular weight excluding hydrogens is 408 g/mol. The van der Waals surface area contributed by atoms with E-state index < -0.39 is 5.97 Å². The maximum atomic E-state index is 12.5. The van der Waals surface area contributed by atoms with Gasteiger partial charge in [0.2, 0.25) is 5.91 Å². The Kier molecular flexibility index (Phi) is 7.34. The fourth-order valence-electron chi connectivity index (χ4n) is 3.65. The van der Waals surface area contributed by atoms with Crippen molar-refractivity contribution in [2.75, 3.05) is 18.2 Å². The summed E-state index contributed by atoms with van der Waals surface area (Å²) >= 11 is 2.74. The van der Waals surface area contributed by atoms with Crippen LogP contribution in [0.25, 0.3) is 0 Å². The highest BCUT2D eigenvalue weighted by Gasteiger charge is 2.22. The Bertz CT molecular complexity index is 885. The van der Waals surface area contributed by atoms with Crippen molar-refractivity contribution in [3.05, 3.63) is 21.8 Å². The summed E-state index contributed by atoms with van der Waals surface area (Å²) in [6, 6.07) is 0. The molecule has 3 rings (SSSR count). The van der Waals surface area contributed by atoms with Crippen molar-refractivity contribution in [3.63, 3.8) is 0 Å². The number of thiophene rings is 1. The highest BCUT2D eigenvalue weighted by atomic mass is 32.2. The number of carbonyl (C=O) groups excluding carboxylic acids is 2. The molecule has 158 valence electrons. The summed E-state index contributed by atoms with van der Waals surface area (Å²) in [5.74, 6) is 1.26. The molecule has 7 nitrogen and oxygen atoms in total. The van der Waals surface area contributed by atoms with Gasteiger partial charge >= 0.3 is 5.97 Å². The third kappa shape index (κ3) is 5.19. The Hall–Kier alpha value is -1.87. The fraction of sp³-hybridized carbons (Fsp3) is 0.600. The van der Waals surface area contributed by atoms with Crippen molar-refractivity contribution < 1.29 is 14.3 Å². The smallest absolute Gasteiger partial charge is 0.341 e. The zero-order valence-corrected chi connectivity index (χ0v) is 19.0. The molecule has 29 heavy (non-hydrogen) atoms. The number of ether oxygens (including phenoxy) is 1. The largest absolute Gasteiger partial charge is 0.465 e. The molecule has 1 N–H and O–H groups in total. The van der Waals surface area contributed by atoms with E-state index in [0.29, 0.717) is 16.5 Å². The molecule has 2 aromatic heterocycles. The average molecular weight is 437 g/mol. The van der Waals surface area contributed by atoms with Gasteiger partial charge in [0.1, 0.15) is 10.8 Å². The second-order valence-corrected chi connectivity index (χ2v) is 9.65. The number of thioether (sulfide) groups is 1. The van der Waals surface area contributed by atoms with Gasteiger partial charge in [-0.15, -0.1) is 21.5 Å². The van der Waals surface area contributed by atoms with E-state index >= 15 is 0 Å². The molecule has 0 aliphatic heterocycles. The molecule has 1 amide bonds. The van der Waals surface area contributed by atoms with Gasteiger partial charge in [0.25, 0.3) is 0 Å². The third-order valence-electron chi connectivity index (χ3n) is 5.48. The number of aromatic nitrogens is 3. The highest BCUT2D eigenvalue weighted by molar-refractivity contribution is 7.99. The SMILES string of the molecule is COC(=O)c1c(NC(=O)CSc2nnc(CC3CCCCC3)n2C)sc(C)c1C. The van der Waals surface area contributed by atoms with Crippen LogP contribution in [0.2, 0.25) is 0 Å². The van der Waals surface area contributed by atoms with Gasteiger partial charge in [-0.2, -0.15) is 0 Å². The molecule has 1 aliphatic carbocycles. The van der Waals surface area contributed by atoms with Crippen LogP contribution in [0.15, 0.2) is 5.16 Å². The predicted molar refractivity (Wildman–Crippen MR) is 116 cm³/mol. The van der Waals surface area contributed by atoms with Gasteiger partial charge in [0, 0.05) is 18.3 Å². The van der Waals surface area contributed by atoms with Crippen molar-refractivity contribution >= 4 is 40.0 Å². The number of anilines is 1. The van der Waals surface area contributed by atoms with Gasteiger partial charge in [0.15, 0.2) is 5.16 Å². The van der Waals surface area contributed by atoms with Crippen LogP contribution in [0.5, 0.6) is 0 Å². The minimum Gasteiger partial charge on any atom is -0.465 e. The molecule has 0 aromatic carbocycles. The zero-order valence-electron chi connectivity index (χ0n) is 17.4. The number of nitrogens with zero attached hydrogens (tertiary/aromatic N) is 3. The average Bonchev–Trinajstić information content (AvgIpc) is 3.19. The summed E-state index contributed by atoms with van der Waals surface area (Å²) < 4.78 is 6.84. The molecule has 0 atom stereocenters. The molecule has 1 aliphatic rings. The normalized spacial score (nSPS) is 14.8. The Morgan fingerprint density at radius 2 is 1.97 bits per heavy atom. The number of aryl methyl sites for hydroxylation is 1. The third-order valence-corrected chi connectivity index (χ3v) is 7.62. The first-order chi connectivity index (χ1) is 13.9. The predicted octanol–water partition coefficient (Wildman–Crippen LogP) is 4.13. The minimum absolute atomic E-state index is 0.182. The number of hydrogen-bond donors (Lipinski definition) is 1. The molecular formula is C20H28N4O3S2. The molecule has 1 saturated carbocycles. The maximum absolute atomic E-state index is 12.5. The Labute approximate surface area is 179 Å². The van der Waals surface area contributed by atoms with Gasteiger partial charge < -0.3 is 14.6 Å². The number of rotatable bonds is 7. The fourth-order valence-corrected chi connectivity index (χ4v) is 5.45. The second kappa shape index (κ2) is 9.75. The van der Waals surface area contributed by atoms with Crippen LogP contribution < -0.4 is 5.32 Å². The van der Waals surface area contributed by atoms with Crippen LogP contribution in [0.1, 0.15) is 58.7 Å². The van der Waals surface area contributed by atoms with E-state index in [2.05, 4.69) is 15.5 Å². The van der Waals surface area contributed by atoms with Crippen LogP contribution >= 0.6 is 23.1 Å². The Morgan fingerprint density at radius 3 is 2.66 bits per heavy atom. The lowest BCUT2D eigenvalue weighted by molar-refractivity contribution is -0.113. The first-order valence-electron chi connectivity index (χ1n) is 9.90. The van der Waals surface area contributed by atoms with Crippen molar-refractivity contribution in [1.29, 1.82) is 0 Å². The second-order valence-electron chi connectivity index (χ2n) is 7.48. The number of carbonyl (C=O) groups is 2. The number of amides is 1. The number of methoxy groups -OCH3 is 1. The lowest BCUT2D eigenvalue weighted by atomic mass is 9.87. The van der Waals surface area contributed by atoms with Crippen LogP contribution in [0.4, 0.5) is 5.00 Å². The molecule has 0 bridgehead atoms. The van der Waals surface area contributed by atoms with E-state index in [1.165, 1.54) is 62.3 Å². The molecule has 0 unspecified atom stereocenters. The number of nitrogens with one attached hydrogen (secondary N) is 1. The maximum Gasteiger partial charge on any atom is 0.341 e. The Morgan fingerprint density at radius 1 is 1.24 bits per heavy atom. The van der Waals surface area contributed by atoms with Crippen LogP contribution in [0.3, 0.4) is 0 Å². The molecule has 2 heterocycles. The van der Waals surface area contributed by atoms with Gasteiger partial charge in [-0.3, -0.25) is 4.79 Å². The topological polar surface area (TPSA) is 86.1 Å². The van der Waals surface area contributed by atoms with Crippen LogP contribution in [-0.2, 0) is 23.0 Å². The van der Waals surface area contributed by atoms with E-state index in [1.54, 1.807) is 0 Å². The quantitative estimate of drug-likeness (QED) is 0.519. The summed E-state index contributed by atoms with van der Waals surface area (Å²) in [5, 5.41) is 12.7. The van der Waals surface area contributed by atoms with Crippen molar-refractivity contribution in [1.82, 2.24) is 14.8 Å². The van der Waals surface area contributed by atoms with Crippen LogP contribution in [0, 0.1) is 19.8 Å². The van der Waals surface area contributed by atoms with E-state index in [1.807, 2.05) is 25.5 Å². The first kappa shape index (κ1) is 21.8. The number of esters is 1. The summed E-state index contributed by atoms with van der Waals surface area (Å²) in [6.45, 7) is 3.78. The highest BCUT2D eigenvalue weighted by Crippen LogP contribution is 2.33.